The van der Waals surface area contributed by atoms with E-state index in [2.05, 4.69) is 12.1 Å². The maximum Gasteiger partial charge on any atom is 0.308 e. The van der Waals surface area contributed by atoms with E-state index in [1.165, 1.54) is 18.4 Å². The molecule has 4 heteroatoms. The van der Waals surface area contributed by atoms with Gasteiger partial charge in [-0.05, 0) is 18.4 Å². The molecule has 4 nitrogen and oxygen atoms in total. The van der Waals surface area contributed by atoms with Gasteiger partial charge in [-0.1, -0.05) is 43.2 Å². The standard InChI is InChI=1S/C17H21NO3/c19-15-10-13(16(20)21)11-18(15)12-17(8-4-5-9-17)14-6-2-1-3-7-14/h1-3,6-7,13H,4-5,8-12H2,(H,20,21). The summed E-state index contributed by atoms with van der Waals surface area (Å²) < 4.78 is 0. The molecule has 1 aromatic rings. The van der Waals surface area contributed by atoms with E-state index in [0.29, 0.717) is 13.1 Å². The topological polar surface area (TPSA) is 57.6 Å². The second-order valence-corrected chi connectivity index (χ2v) is 6.37. The number of hydrogen-bond acceptors (Lipinski definition) is 2. The number of likely N-dealkylation sites (tertiary alicyclic amines) is 1. The first-order chi connectivity index (χ1) is 10.1. The van der Waals surface area contributed by atoms with Gasteiger partial charge in [-0.15, -0.1) is 0 Å². The first-order valence-corrected chi connectivity index (χ1v) is 7.67. The van der Waals surface area contributed by atoms with Gasteiger partial charge < -0.3 is 10.0 Å². The number of aliphatic carboxylic acids is 1. The Hall–Kier alpha value is -1.84. The lowest BCUT2D eigenvalue weighted by Gasteiger charge is -2.34. The Balaban J connectivity index is 1.81. The van der Waals surface area contributed by atoms with Crippen molar-refractivity contribution in [2.75, 3.05) is 13.1 Å². The fraction of sp³-hybridized carbons (Fsp3) is 0.529. The van der Waals surface area contributed by atoms with Gasteiger partial charge in [0.2, 0.25) is 5.91 Å². The van der Waals surface area contributed by atoms with Gasteiger partial charge in [-0.3, -0.25) is 9.59 Å². The Morgan fingerprint density at radius 1 is 1.24 bits per heavy atom. The van der Waals surface area contributed by atoms with Crippen molar-refractivity contribution in [1.82, 2.24) is 4.90 Å². The zero-order chi connectivity index (χ0) is 14.9. The van der Waals surface area contributed by atoms with Crippen LogP contribution in [-0.2, 0) is 15.0 Å². The van der Waals surface area contributed by atoms with E-state index in [0.717, 1.165) is 12.8 Å². The minimum atomic E-state index is -0.856. The minimum absolute atomic E-state index is 0.00962. The van der Waals surface area contributed by atoms with Gasteiger partial charge in [-0.2, -0.15) is 0 Å². The number of rotatable bonds is 4. The quantitative estimate of drug-likeness (QED) is 0.925. The zero-order valence-electron chi connectivity index (χ0n) is 12.1. The van der Waals surface area contributed by atoms with E-state index in [4.69, 9.17) is 5.11 Å². The van der Waals surface area contributed by atoms with E-state index in [-0.39, 0.29) is 17.7 Å². The Kier molecular flexibility index (Phi) is 3.70. The molecule has 112 valence electrons. The number of nitrogens with zero attached hydrogens (tertiary/aromatic N) is 1. The summed E-state index contributed by atoms with van der Waals surface area (Å²) in [6.07, 6.45) is 4.68. The van der Waals surface area contributed by atoms with Gasteiger partial charge in [0.25, 0.3) is 0 Å². The highest BCUT2D eigenvalue weighted by molar-refractivity contribution is 5.86. The molecule has 1 aromatic carbocycles. The fourth-order valence-electron chi connectivity index (χ4n) is 3.84. The van der Waals surface area contributed by atoms with Crippen LogP contribution in [0.25, 0.3) is 0 Å². The summed E-state index contributed by atoms with van der Waals surface area (Å²) in [5.74, 6) is -1.40. The van der Waals surface area contributed by atoms with Gasteiger partial charge in [0.1, 0.15) is 0 Å². The molecule has 1 heterocycles. The Morgan fingerprint density at radius 2 is 1.90 bits per heavy atom. The summed E-state index contributed by atoms with van der Waals surface area (Å²) in [6.45, 7) is 1.03. The number of carbonyl (C=O) groups is 2. The molecular weight excluding hydrogens is 266 g/mol. The van der Waals surface area contributed by atoms with Crippen molar-refractivity contribution in [3.63, 3.8) is 0 Å². The average molecular weight is 287 g/mol. The maximum absolute atomic E-state index is 12.1. The summed E-state index contributed by atoms with van der Waals surface area (Å²) in [4.78, 5) is 25.0. The number of amides is 1. The van der Waals surface area contributed by atoms with Crippen LogP contribution in [0.4, 0.5) is 0 Å². The molecular formula is C17H21NO3. The van der Waals surface area contributed by atoms with Gasteiger partial charge in [0.05, 0.1) is 5.92 Å². The van der Waals surface area contributed by atoms with Crippen molar-refractivity contribution in [3.8, 4) is 0 Å². The van der Waals surface area contributed by atoms with E-state index in [1.807, 2.05) is 18.2 Å². The molecule has 0 bridgehead atoms. The van der Waals surface area contributed by atoms with E-state index in [1.54, 1.807) is 4.90 Å². The van der Waals surface area contributed by atoms with Crippen LogP contribution in [0.3, 0.4) is 0 Å². The molecule has 2 aliphatic rings. The number of hydrogen-bond donors (Lipinski definition) is 1. The largest absolute Gasteiger partial charge is 0.481 e. The molecule has 1 saturated heterocycles. The normalized spacial score (nSPS) is 24.5. The minimum Gasteiger partial charge on any atom is -0.481 e. The van der Waals surface area contributed by atoms with Crippen molar-refractivity contribution in [1.29, 1.82) is 0 Å². The van der Waals surface area contributed by atoms with Crippen LogP contribution in [0.2, 0.25) is 0 Å². The lowest BCUT2D eigenvalue weighted by molar-refractivity contribution is -0.141. The molecule has 0 spiro atoms. The van der Waals surface area contributed by atoms with Crippen molar-refractivity contribution < 1.29 is 14.7 Å². The average Bonchev–Trinajstić information content (AvgIpc) is 3.09. The zero-order valence-corrected chi connectivity index (χ0v) is 12.1. The lowest BCUT2D eigenvalue weighted by Crippen LogP contribution is -2.40. The number of benzene rings is 1. The molecule has 2 fully saturated rings. The van der Waals surface area contributed by atoms with Crippen molar-refractivity contribution in [2.45, 2.75) is 37.5 Å². The van der Waals surface area contributed by atoms with Crippen LogP contribution >= 0.6 is 0 Å². The molecule has 1 amide bonds. The highest BCUT2D eigenvalue weighted by Gasteiger charge is 2.42. The number of carboxylic acids is 1. The Labute approximate surface area is 124 Å². The van der Waals surface area contributed by atoms with Crippen molar-refractivity contribution in [3.05, 3.63) is 35.9 Å². The monoisotopic (exact) mass is 287 g/mol. The van der Waals surface area contributed by atoms with Gasteiger partial charge in [0.15, 0.2) is 0 Å². The van der Waals surface area contributed by atoms with Crippen LogP contribution in [-0.4, -0.2) is 35.0 Å². The van der Waals surface area contributed by atoms with E-state index < -0.39 is 11.9 Å². The molecule has 3 rings (SSSR count). The molecule has 0 radical (unpaired) electrons. The Bertz CT molecular complexity index is 534. The first kappa shape index (κ1) is 14.1. The van der Waals surface area contributed by atoms with Crippen LogP contribution in [0.5, 0.6) is 0 Å². The molecule has 0 aromatic heterocycles. The number of carbonyl (C=O) groups excluding carboxylic acids is 1. The SMILES string of the molecule is O=C(O)C1CC(=O)N(CC2(c3ccccc3)CCCC2)C1. The number of carboxylic acid groups (broad SMARTS) is 1. The third-order valence-electron chi connectivity index (χ3n) is 5.00. The molecule has 1 aliphatic carbocycles. The van der Waals surface area contributed by atoms with Crippen LogP contribution in [0.15, 0.2) is 30.3 Å². The van der Waals surface area contributed by atoms with Crippen LogP contribution in [0, 0.1) is 5.92 Å². The van der Waals surface area contributed by atoms with E-state index >= 15 is 0 Å². The van der Waals surface area contributed by atoms with Gasteiger partial charge in [0, 0.05) is 24.9 Å². The first-order valence-electron chi connectivity index (χ1n) is 7.67. The molecule has 1 aliphatic heterocycles. The maximum atomic E-state index is 12.1. The van der Waals surface area contributed by atoms with Crippen molar-refractivity contribution in [2.24, 2.45) is 5.92 Å². The summed E-state index contributed by atoms with van der Waals surface area (Å²) >= 11 is 0. The fourth-order valence-corrected chi connectivity index (χ4v) is 3.84. The predicted octanol–water partition coefficient (Wildman–Crippen LogP) is 2.43. The lowest BCUT2D eigenvalue weighted by atomic mass is 9.78. The third kappa shape index (κ3) is 2.67. The highest BCUT2D eigenvalue weighted by Crippen LogP contribution is 2.42. The molecule has 1 unspecified atom stereocenters. The summed E-state index contributed by atoms with van der Waals surface area (Å²) in [7, 11) is 0. The predicted molar refractivity (Wildman–Crippen MR) is 78.9 cm³/mol. The van der Waals surface area contributed by atoms with E-state index in [9.17, 15) is 9.59 Å². The molecule has 1 atom stereocenters. The second-order valence-electron chi connectivity index (χ2n) is 6.37. The van der Waals surface area contributed by atoms with Gasteiger partial charge in [-0.25, -0.2) is 0 Å². The van der Waals surface area contributed by atoms with Gasteiger partial charge >= 0.3 is 5.97 Å². The van der Waals surface area contributed by atoms with Crippen molar-refractivity contribution >= 4 is 11.9 Å². The summed E-state index contributed by atoms with van der Waals surface area (Å²) in [5, 5.41) is 9.11. The molecule has 1 N–H and O–H groups in total. The smallest absolute Gasteiger partial charge is 0.308 e. The third-order valence-corrected chi connectivity index (χ3v) is 5.00. The van der Waals surface area contributed by atoms with Crippen LogP contribution < -0.4 is 0 Å². The summed E-state index contributed by atoms with van der Waals surface area (Å²) in [6, 6.07) is 10.4. The second kappa shape index (κ2) is 5.51. The molecule has 1 saturated carbocycles. The Morgan fingerprint density at radius 3 is 2.48 bits per heavy atom. The molecule has 21 heavy (non-hydrogen) atoms. The highest BCUT2D eigenvalue weighted by atomic mass is 16.4. The summed E-state index contributed by atoms with van der Waals surface area (Å²) in [5.41, 5.74) is 1.30. The van der Waals surface area contributed by atoms with Crippen LogP contribution in [0.1, 0.15) is 37.7 Å².